The molecule has 13 heavy (non-hydrogen) atoms. The molecule has 2 rings (SSSR count). The number of ether oxygens (including phenoxy) is 1. The molecule has 2 saturated heterocycles. The Kier molecular flexibility index (Phi) is 2.83. The third-order valence-electron chi connectivity index (χ3n) is 2.84. The Morgan fingerprint density at radius 1 is 1.38 bits per heavy atom. The van der Waals surface area contributed by atoms with Crippen molar-refractivity contribution in [2.24, 2.45) is 0 Å². The van der Waals surface area contributed by atoms with Gasteiger partial charge in [-0.3, -0.25) is 4.90 Å². The third kappa shape index (κ3) is 2.40. The molecular weight excluding hydrogens is 168 g/mol. The SMILES string of the molecule is O[C@]1(CN2CCOCC2)CCNC1. The van der Waals surface area contributed by atoms with Crippen LogP contribution in [0, 0.1) is 0 Å². The lowest BCUT2D eigenvalue weighted by Crippen LogP contribution is -2.48. The van der Waals surface area contributed by atoms with Crippen molar-refractivity contribution in [3.63, 3.8) is 0 Å². The van der Waals surface area contributed by atoms with E-state index in [0.29, 0.717) is 0 Å². The van der Waals surface area contributed by atoms with E-state index in [2.05, 4.69) is 10.2 Å². The molecule has 4 nitrogen and oxygen atoms in total. The first-order valence-electron chi connectivity index (χ1n) is 5.02. The topological polar surface area (TPSA) is 44.7 Å². The Balaban J connectivity index is 1.81. The number of β-amino-alcohol motifs (C(OH)–C–C–N with tert-alkyl or cyclic N) is 1. The summed E-state index contributed by atoms with van der Waals surface area (Å²) in [4.78, 5) is 2.29. The van der Waals surface area contributed by atoms with E-state index in [0.717, 1.165) is 52.4 Å². The van der Waals surface area contributed by atoms with Gasteiger partial charge in [-0.2, -0.15) is 0 Å². The molecule has 0 aromatic rings. The second-order valence-corrected chi connectivity index (χ2v) is 4.04. The molecule has 0 bridgehead atoms. The van der Waals surface area contributed by atoms with Gasteiger partial charge in [0.05, 0.1) is 18.8 Å². The lowest BCUT2D eigenvalue weighted by atomic mass is 10.0. The van der Waals surface area contributed by atoms with E-state index in [9.17, 15) is 5.11 Å². The van der Waals surface area contributed by atoms with E-state index in [-0.39, 0.29) is 0 Å². The molecule has 0 radical (unpaired) electrons. The summed E-state index contributed by atoms with van der Waals surface area (Å²) in [6, 6.07) is 0. The molecule has 2 fully saturated rings. The summed E-state index contributed by atoms with van der Waals surface area (Å²) in [5.41, 5.74) is -0.489. The van der Waals surface area contributed by atoms with Crippen LogP contribution in [0.3, 0.4) is 0 Å². The molecule has 0 aromatic heterocycles. The Morgan fingerprint density at radius 2 is 2.15 bits per heavy atom. The first-order chi connectivity index (χ1) is 6.29. The van der Waals surface area contributed by atoms with Crippen molar-refractivity contribution in [2.75, 3.05) is 45.9 Å². The zero-order chi connectivity index (χ0) is 9.15. The molecule has 0 unspecified atom stereocenters. The summed E-state index contributed by atoms with van der Waals surface area (Å²) in [5.74, 6) is 0. The zero-order valence-electron chi connectivity index (χ0n) is 7.96. The maximum atomic E-state index is 10.1. The fourth-order valence-corrected chi connectivity index (χ4v) is 2.04. The number of aliphatic hydroxyl groups is 1. The number of hydrogen-bond acceptors (Lipinski definition) is 4. The zero-order valence-corrected chi connectivity index (χ0v) is 7.96. The fourth-order valence-electron chi connectivity index (χ4n) is 2.04. The van der Waals surface area contributed by atoms with Crippen LogP contribution in [0.4, 0.5) is 0 Å². The molecule has 2 aliphatic heterocycles. The Hall–Kier alpha value is -0.160. The third-order valence-corrected chi connectivity index (χ3v) is 2.84. The predicted octanol–water partition coefficient (Wildman–Crippen LogP) is -0.957. The fraction of sp³-hybridized carbons (Fsp3) is 1.00. The molecule has 2 aliphatic rings. The van der Waals surface area contributed by atoms with E-state index in [1.54, 1.807) is 0 Å². The van der Waals surface area contributed by atoms with Crippen LogP contribution in [0.15, 0.2) is 0 Å². The number of hydrogen-bond donors (Lipinski definition) is 2. The molecule has 0 amide bonds. The van der Waals surface area contributed by atoms with Crippen LogP contribution >= 0.6 is 0 Å². The van der Waals surface area contributed by atoms with Gasteiger partial charge < -0.3 is 15.2 Å². The van der Waals surface area contributed by atoms with Crippen molar-refractivity contribution in [1.29, 1.82) is 0 Å². The summed E-state index contributed by atoms with van der Waals surface area (Å²) in [5, 5.41) is 13.3. The minimum Gasteiger partial charge on any atom is -0.387 e. The van der Waals surface area contributed by atoms with Gasteiger partial charge in [-0.25, -0.2) is 0 Å². The lowest BCUT2D eigenvalue weighted by Gasteiger charge is -2.33. The summed E-state index contributed by atoms with van der Waals surface area (Å²) >= 11 is 0. The summed E-state index contributed by atoms with van der Waals surface area (Å²) in [7, 11) is 0. The quantitative estimate of drug-likeness (QED) is 0.583. The van der Waals surface area contributed by atoms with Gasteiger partial charge in [0.15, 0.2) is 0 Å². The van der Waals surface area contributed by atoms with Crippen molar-refractivity contribution in [2.45, 2.75) is 12.0 Å². The van der Waals surface area contributed by atoms with Crippen LogP contribution in [0.25, 0.3) is 0 Å². The molecule has 1 atom stereocenters. The maximum absolute atomic E-state index is 10.1. The van der Waals surface area contributed by atoms with Crippen molar-refractivity contribution in [1.82, 2.24) is 10.2 Å². The van der Waals surface area contributed by atoms with E-state index >= 15 is 0 Å². The van der Waals surface area contributed by atoms with Gasteiger partial charge in [0, 0.05) is 26.2 Å². The standard InChI is InChI=1S/C9H18N2O2/c12-9(1-2-10-7-9)8-11-3-5-13-6-4-11/h10,12H,1-8H2/t9-/m1/s1. The molecule has 0 spiro atoms. The highest BCUT2D eigenvalue weighted by molar-refractivity contribution is 4.90. The number of rotatable bonds is 2. The van der Waals surface area contributed by atoms with Crippen molar-refractivity contribution in [3.05, 3.63) is 0 Å². The molecular formula is C9H18N2O2. The number of nitrogens with one attached hydrogen (secondary N) is 1. The molecule has 4 heteroatoms. The summed E-state index contributed by atoms with van der Waals surface area (Å²) in [6.07, 6.45) is 0.879. The monoisotopic (exact) mass is 186 g/mol. The second-order valence-electron chi connectivity index (χ2n) is 4.04. The van der Waals surface area contributed by atoms with E-state index in [4.69, 9.17) is 4.74 Å². The van der Waals surface area contributed by atoms with Gasteiger partial charge in [-0.1, -0.05) is 0 Å². The van der Waals surface area contributed by atoms with Crippen LogP contribution in [0.2, 0.25) is 0 Å². The largest absolute Gasteiger partial charge is 0.387 e. The van der Waals surface area contributed by atoms with E-state index in [1.807, 2.05) is 0 Å². The summed E-state index contributed by atoms with van der Waals surface area (Å²) < 4.78 is 5.26. The first kappa shape index (κ1) is 9.40. The van der Waals surface area contributed by atoms with Crippen molar-refractivity contribution >= 4 is 0 Å². The smallest absolute Gasteiger partial charge is 0.0909 e. The molecule has 2 N–H and O–H groups in total. The van der Waals surface area contributed by atoms with E-state index in [1.165, 1.54) is 0 Å². The highest BCUT2D eigenvalue weighted by atomic mass is 16.5. The highest BCUT2D eigenvalue weighted by Crippen LogP contribution is 2.16. The molecule has 76 valence electrons. The van der Waals surface area contributed by atoms with Gasteiger partial charge in [0.25, 0.3) is 0 Å². The lowest BCUT2D eigenvalue weighted by molar-refractivity contribution is -0.0217. The normalized spacial score (nSPS) is 36.7. The van der Waals surface area contributed by atoms with Gasteiger partial charge in [-0.05, 0) is 13.0 Å². The predicted molar refractivity (Wildman–Crippen MR) is 49.7 cm³/mol. The molecule has 2 heterocycles. The summed E-state index contributed by atoms with van der Waals surface area (Å²) in [6.45, 7) is 6.02. The van der Waals surface area contributed by atoms with Crippen LogP contribution in [0.1, 0.15) is 6.42 Å². The minimum atomic E-state index is -0.489. The van der Waals surface area contributed by atoms with Gasteiger partial charge in [-0.15, -0.1) is 0 Å². The average molecular weight is 186 g/mol. The average Bonchev–Trinajstić information content (AvgIpc) is 2.54. The number of nitrogens with zero attached hydrogens (tertiary/aromatic N) is 1. The first-order valence-corrected chi connectivity index (χ1v) is 5.02. The van der Waals surface area contributed by atoms with Gasteiger partial charge in [0.2, 0.25) is 0 Å². The van der Waals surface area contributed by atoms with Crippen LogP contribution in [-0.4, -0.2) is 61.5 Å². The highest BCUT2D eigenvalue weighted by Gasteiger charge is 2.33. The second kappa shape index (κ2) is 3.92. The molecule has 0 saturated carbocycles. The minimum absolute atomic E-state index is 0.489. The number of morpholine rings is 1. The Morgan fingerprint density at radius 3 is 2.77 bits per heavy atom. The van der Waals surface area contributed by atoms with Crippen molar-refractivity contribution in [3.8, 4) is 0 Å². The van der Waals surface area contributed by atoms with Gasteiger partial charge >= 0.3 is 0 Å². The van der Waals surface area contributed by atoms with Crippen LogP contribution in [-0.2, 0) is 4.74 Å². The van der Waals surface area contributed by atoms with Crippen LogP contribution < -0.4 is 5.32 Å². The van der Waals surface area contributed by atoms with Crippen molar-refractivity contribution < 1.29 is 9.84 Å². The molecule has 0 aliphatic carbocycles. The van der Waals surface area contributed by atoms with Crippen LogP contribution in [0.5, 0.6) is 0 Å². The maximum Gasteiger partial charge on any atom is 0.0909 e. The molecule has 0 aromatic carbocycles. The Labute approximate surface area is 78.9 Å². The van der Waals surface area contributed by atoms with Gasteiger partial charge in [0.1, 0.15) is 0 Å². The Bertz CT molecular complexity index is 163. The van der Waals surface area contributed by atoms with E-state index < -0.39 is 5.60 Å².